The molecule has 0 aromatic heterocycles. The van der Waals surface area contributed by atoms with Crippen LogP contribution in [0.1, 0.15) is 11.6 Å². The zero-order valence-electron chi connectivity index (χ0n) is 7.84. The van der Waals surface area contributed by atoms with E-state index in [0.717, 1.165) is 6.26 Å². The molecule has 0 amide bonds. The Morgan fingerprint density at radius 3 is 2.29 bits per heavy atom. The topological polar surface area (TPSA) is 80.4 Å². The molecule has 0 saturated carbocycles. The van der Waals surface area contributed by atoms with E-state index in [1.165, 1.54) is 12.1 Å². The van der Waals surface area contributed by atoms with E-state index in [9.17, 15) is 8.42 Å². The molecule has 0 saturated heterocycles. The fourth-order valence-corrected chi connectivity index (χ4v) is 1.99. The van der Waals surface area contributed by atoms with Crippen molar-refractivity contribution in [2.45, 2.75) is 6.04 Å². The first-order valence-corrected chi connectivity index (χ1v) is 6.17. The van der Waals surface area contributed by atoms with Gasteiger partial charge < -0.3 is 10.8 Å². The van der Waals surface area contributed by atoms with Crippen molar-refractivity contribution in [3.05, 3.63) is 29.8 Å². The maximum atomic E-state index is 11.0. The zero-order valence-corrected chi connectivity index (χ0v) is 8.66. The number of nitrogens with two attached hydrogens (primary N) is 1. The standard InChI is InChI=1S/C9H13NO3S/c1-14(12,13)6-9(10)7-2-4-8(11)5-3-7/h2-5,9,11H,6,10H2,1H3. The van der Waals surface area contributed by atoms with Gasteiger partial charge in [0.2, 0.25) is 0 Å². The molecule has 5 heteroatoms. The number of benzene rings is 1. The summed E-state index contributed by atoms with van der Waals surface area (Å²) in [5.41, 5.74) is 6.37. The second-order valence-corrected chi connectivity index (χ2v) is 5.48. The fourth-order valence-electron chi connectivity index (χ4n) is 1.14. The molecule has 0 fully saturated rings. The van der Waals surface area contributed by atoms with Crippen molar-refractivity contribution >= 4 is 9.84 Å². The van der Waals surface area contributed by atoms with Crippen LogP contribution < -0.4 is 5.73 Å². The van der Waals surface area contributed by atoms with Crippen LogP contribution in [-0.2, 0) is 9.84 Å². The summed E-state index contributed by atoms with van der Waals surface area (Å²) in [6.07, 6.45) is 1.15. The second kappa shape index (κ2) is 3.98. The summed E-state index contributed by atoms with van der Waals surface area (Å²) in [7, 11) is -3.07. The molecule has 1 rings (SSSR count). The normalized spacial score (nSPS) is 13.9. The van der Waals surface area contributed by atoms with Gasteiger partial charge in [0.05, 0.1) is 5.75 Å². The van der Waals surface area contributed by atoms with E-state index in [1.54, 1.807) is 12.1 Å². The molecule has 4 nitrogen and oxygen atoms in total. The molecular formula is C9H13NO3S. The van der Waals surface area contributed by atoms with Gasteiger partial charge >= 0.3 is 0 Å². The number of rotatable bonds is 3. The number of hydrogen-bond donors (Lipinski definition) is 2. The first-order valence-electron chi connectivity index (χ1n) is 4.11. The summed E-state index contributed by atoms with van der Waals surface area (Å²) in [4.78, 5) is 0. The first-order chi connectivity index (χ1) is 6.38. The van der Waals surface area contributed by atoms with Crippen LogP contribution in [0.15, 0.2) is 24.3 Å². The third kappa shape index (κ3) is 3.35. The third-order valence-corrected chi connectivity index (χ3v) is 2.77. The molecule has 1 atom stereocenters. The quantitative estimate of drug-likeness (QED) is 0.766. The van der Waals surface area contributed by atoms with E-state index in [1.807, 2.05) is 0 Å². The molecule has 3 N–H and O–H groups in total. The lowest BCUT2D eigenvalue weighted by Gasteiger charge is -2.10. The van der Waals surface area contributed by atoms with Crippen LogP contribution >= 0.6 is 0 Å². The van der Waals surface area contributed by atoms with Gasteiger partial charge in [0.15, 0.2) is 0 Å². The maximum Gasteiger partial charge on any atom is 0.149 e. The molecule has 0 heterocycles. The molecule has 14 heavy (non-hydrogen) atoms. The van der Waals surface area contributed by atoms with Gasteiger partial charge in [-0.25, -0.2) is 8.42 Å². The van der Waals surface area contributed by atoms with Crippen LogP contribution in [0.3, 0.4) is 0 Å². The van der Waals surface area contributed by atoms with Crippen molar-refractivity contribution in [1.29, 1.82) is 0 Å². The van der Waals surface area contributed by atoms with Crippen molar-refractivity contribution < 1.29 is 13.5 Å². The van der Waals surface area contributed by atoms with E-state index >= 15 is 0 Å². The van der Waals surface area contributed by atoms with Gasteiger partial charge in [-0.1, -0.05) is 12.1 Å². The molecule has 0 aliphatic rings. The smallest absolute Gasteiger partial charge is 0.149 e. The Balaban J connectivity index is 2.80. The lowest BCUT2D eigenvalue weighted by atomic mass is 10.1. The Labute approximate surface area is 83.3 Å². The summed E-state index contributed by atoms with van der Waals surface area (Å²) >= 11 is 0. The predicted molar refractivity (Wildman–Crippen MR) is 54.7 cm³/mol. The molecule has 0 radical (unpaired) electrons. The summed E-state index contributed by atoms with van der Waals surface area (Å²) in [6, 6.07) is 5.66. The highest BCUT2D eigenvalue weighted by atomic mass is 32.2. The number of phenolic OH excluding ortho intramolecular Hbond substituents is 1. The predicted octanol–water partition coefficient (Wildman–Crippen LogP) is 0.437. The van der Waals surface area contributed by atoms with Crippen molar-refractivity contribution in [3.8, 4) is 5.75 Å². The van der Waals surface area contributed by atoms with Gasteiger partial charge in [0.25, 0.3) is 0 Å². The van der Waals surface area contributed by atoms with Crippen molar-refractivity contribution in [2.75, 3.05) is 12.0 Å². The van der Waals surface area contributed by atoms with E-state index in [-0.39, 0.29) is 11.5 Å². The zero-order chi connectivity index (χ0) is 10.8. The Kier molecular flexibility index (Phi) is 3.13. The minimum atomic E-state index is -3.07. The van der Waals surface area contributed by atoms with Crippen LogP contribution in [-0.4, -0.2) is 25.5 Å². The molecule has 78 valence electrons. The van der Waals surface area contributed by atoms with Crippen LogP contribution in [0.4, 0.5) is 0 Å². The van der Waals surface area contributed by atoms with Gasteiger partial charge in [-0.05, 0) is 17.7 Å². The number of phenols is 1. The van der Waals surface area contributed by atoms with Crippen molar-refractivity contribution in [3.63, 3.8) is 0 Å². The van der Waals surface area contributed by atoms with Gasteiger partial charge in [-0.15, -0.1) is 0 Å². The number of sulfone groups is 1. The summed E-state index contributed by atoms with van der Waals surface area (Å²) < 4.78 is 21.9. The van der Waals surface area contributed by atoms with Gasteiger partial charge in [0, 0.05) is 12.3 Å². The van der Waals surface area contributed by atoms with Crippen LogP contribution in [0.25, 0.3) is 0 Å². The van der Waals surface area contributed by atoms with Crippen molar-refractivity contribution in [1.82, 2.24) is 0 Å². The monoisotopic (exact) mass is 215 g/mol. The fraction of sp³-hybridized carbons (Fsp3) is 0.333. The summed E-state index contributed by atoms with van der Waals surface area (Å²) in [5.74, 6) is 0.0536. The largest absolute Gasteiger partial charge is 0.508 e. The summed E-state index contributed by atoms with van der Waals surface area (Å²) in [5, 5.41) is 9.01. The van der Waals surface area contributed by atoms with E-state index in [0.29, 0.717) is 5.56 Å². The van der Waals surface area contributed by atoms with E-state index < -0.39 is 15.9 Å². The Morgan fingerprint density at radius 2 is 1.86 bits per heavy atom. The highest BCUT2D eigenvalue weighted by molar-refractivity contribution is 7.90. The highest BCUT2D eigenvalue weighted by Crippen LogP contribution is 2.15. The average molecular weight is 215 g/mol. The average Bonchev–Trinajstić information content (AvgIpc) is 2.02. The Hall–Kier alpha value is -1.07. The van der Waals surface area contributed by atoms with Crippen LogP contribution in [0.2, 0.25) is 0 Å². The van der Waals surface area contributed by atoms with Crippen LogP contribution in [0, 0.1) is 0 Å². The Bertz CT molecular complexity index is 397. The number of hydrogen-bond acceptors (Lipinski definition) is 4. The molecular weight excluding hydrogens is 202 g/mol. The molecule has 0 bridgehead atoms. The lowest BCUT2D eigenvalue weighted by Crippen LogP contribution is -2.20. The maximum absolute atomic E-state index is 11.0. The molecule has 1 aromatic rings. The van der Waals surface area contributed by atoms with Crippen LogP contribution in [0.5, 0.6) is 5.75 Å². The Morgan fingerprint density at radius 1 is 1.36 bits per heavy atom. The number of aromatic hydroxyl groups is 1. The third-order valence-electron chi connectivity index (χ3n) is 1.80. The van der Waals surface area contributed by atoms with Gasteiger partial charge in [-0.3, -0.25) is 0 Å². The van der Waals surface area contributed by atoms with Crippen molar-refractivity contribution in [2.24, 2.45) is 5.73 Å². The van der Waals surface area contributed by atoms with Gasteiger partial charge in [-0.2, -0.15) is 0 Å². The highest BCUT2D eigenvalue weighted by Gasteiger charge is 2.12. The molecule has 0 aliphatic heterocycles. The molecule has 1 aromatic carbocycles. The molecule has 0 spiro atoms. The molecule has 1 unspecified atom stereocenters. The summed E-state index contributed by atoms with van der Waals surface area (Å²) in [6.45, 7) is 0. The molecule has 0 aliphatic carbocycles. The minimum absolute atomic E-state index is 0.0855. The van der Waals surface area contributed by atoms with E-state index in [2.05, 4.69) is 0 Å². The SMILES string of the molecule is CS(=O)(=O)CC(N)c1ccc(O)cc1. The first kappa shape index (κ1) is 11.0. The lowest BCUT2D eigenvalue weighted by molar-refractivity contribution is 0.475. The van der Waals surface area contributed by atoms with Gasteiger partial charge in [0.1, 0.15) is 15.6 Å². The minimum Gasteiger partial charge on any atom is -0.508 e. The second-order valence-electron chi connectivity index (χ2n) is 3.29. The van der Waals surface area contributed by atoms with E-state index in [4.69, 9.17) is 10.8 Å².